The maximum absolute atomic E-state index is 12.8. The van der Waals surface area contributed by atoms with E-state index in [1.54, 1.807) is 36.9 Å². The molecular weight excluding hydrogens is 478 g/mol. The molecule has 10 heteroatoms. The number of benzene rings is 2. The average molecular weight is 502 g/mol. The maximum atomic E-state index is 12.8. The Kier molecular flexibility index (Phi) is 5.96. The number of nitrogens with zero attached hydrogens (tertiary/aromatic N) is 1. The molecule has 35 heavy (non-hydrogen) atoms. The molecule has 2 aliphatic heterocycles. The Hall–Kier alpha value is -3.46. The fourth-order valence-corrected chi connectivity index (χ4v) is 4.98. The minimum absolute atomic E-state index is 0.0358. The van der Waals surface area contributed by atoms with Crippen molar-refractivity contribution in [1.29, 1.82) is 0 Å². The van der Waals surface area contributed by atoms with Gasteiger partial charge < -0.3 is 23.7 Å². The van der Waals surface area contributed by atoms with Gasteiger partial charge in [-0.05, 0) is 56.0 Å². The van der Waals surface area contributed by atoms with Crippen molar-refractivity contribution in [3.63, 3.8) is 0 Å². The topological polar surface area (TPSA) is 101 Å². The number of esters is 2. The monoisotopic (exact) mass is 501 g/mol. The lowest BCUT2D eigenvalue weighted by molar-refractivity contribution is -0.202. The van der Waals surface area contributed by atoms with Gasteiger partial charge in [0.05, 0.1) is 25.8 Å². The highest BCUT2D eigenvalue weighted by atomic mass is 35.5. The summed E-state index contributed by atoms with van der Waals surface area (Å²) < 4.78 is 27.4. The smallest absolute Gasteiger partial charge is 0.453 e. The first-order valence-corrected chi connectivity index (χ1v) is 11.9. The lowest BCUT2D eigenvalue weighted by atomic mass is 10.0. The molecule has 2 aromatic carbocycles. The van der Waals surface area contributed by atoms with Gasteiger partial charge in [-0.3, -0.25) is 4.90 Å². The molecule has 5 rings (SSSR count). The zero-order chi connectivity index (χ0) is 24.7. The number of hydrogen-bond acceptors (Lipinski definition) is 8. The molecule has 2 atom stereocenters. The highest BCUT2D eigenvalue weighted by Gasteiger charge is 2.60. The molecule has 2 unspecified atom stereocenters. The molecule has 1 fully saturated rings. The second-order valence-corrected chi connectivity index (χ2v) is 8.79. The second kappa shape index (κ2) is 8.96. The summed E-state index contributed by atoms with van der Waals surface area (Å²) >= 11 is 6.11. The summed E-state index contributed by atoms with van der Waals surface area (Å²) in [6.45, 7) is 3.68. The van der Waals surface area contributed by atoms with Crippen LogP contribution < -0.4 is 9.47 Å². The van der Waals surface area contributed by atoms with E-state index in [1.165, 1.54) is 0 Å². The molecule has 0 spiro atoms. The van der Waals surface area contributed by atoms with Crippen LogP contribution in [0.3, 0.4) is 0 Å². The quantitative estimate of drug-likeness (QED) is 0.331. The van der Waals surface area contributed by atoms with Crippen molar-refractivity contribution < 1.29 is 38.1 Å². The van der Waals surface area contributed by atoms with Crippen LogP contribution in [0.1, 0.15) is 49.1 Å². The van der Waals surface area contributed by atoms with Crippen LogP contribution in [0, 0.1) is 0 Å². The zero-order valence-corrected chi connectivity index (χ0v) is 20.0. The molecule has 2 aromatic rings. The normalized spacial score (nSPS) is 21.5. The Balaban J connectivity index is 1.42. The Morgan fingerprint density at radius 3 is 2.54 bits per heavy atom. The van der Waals surface area contributed by atoms with Crippen molar-refractivity contribution in [1.82, 2.24) is 4.90 Å². The highest BCUT2D eigenvalue weighted by molar-refractivity contribution is 6.30. The minimum Gasteiger partial charge on any atom is -0.460 e. The molecule has 0 aromatic heterocycles. The molecule has 0 bridgehead atoms. The number of carbonyl (C=O) groups is 3. The van der Waals surface area contributed by atoms with Crippen LogP contribution in [0.25, 0.3) is 0 Å². The molecule has 3 aliphatic rings. The van der Waals surface area contributed by atoms with E-state index in [0.29, 0.717) is 24.4 Å². The van der Waals surface area contributed by atoms with Crippen LogP contribution in [-0.4, -0.2) is 48.5 Å². The molecule has 9 nitrogen and oxygen atoms in total. The van der Waals surface area contributed by atoms with E-state index in [9.17, 15) is 14.4 Å². The number of ether oxygens (including phenoxy) is 5. The SMILES string of the molecule is CCOC(=O)C1(C(=O)OCC)Oc2ccc3c(c2O1)CCC3N1CC(c2cccc(Cl)c2)OC1=O. The van der Waals surface area contributed by atoms with Gasteiger partial charge in [-0.25, -0.2) is 14.4 Å². The first-order valence-electron chi connectivity index (χ1n) is 11.5. The molecular formula is C25H24ClNO8. The molecule has 1 amide bonds. The van der Waals surface area contributed by atoms with Crippen LogP contribution in [0.4, 0.5) is 4.79 Å². The molecule has 2 heterocycles. The van der Waals surface area contributed by atoms with Crippen molar-refractivity contribution in [3.05, 3.63) is 58.1 Å². The molecule has 1 aliphatic carbocycles. The summed E-state index contributed by atoms with van der Waals surface area (Å²) in [6.07, 6.45) is 0.329. The Morgan fingerprint density at radius 1 is 1.11 bits per heavy atom. The lowest BCUT2D eigenvalue weighted by Gasteiger charge is -2.22. The van der Waals surface area contributed by atoms with Crippen molar-refractivity contribution in [2.75, 3.05) is 19.8 Å². The fourth-order valence-electron chi connectivity index (χ4n) is 4.78. The highest BCUT2D eigenvalue weighted by Crippen LogP contribution is 2.51. The average Bonchev–Trinajstić information content (AvgIpc) is 3.54. The van der Waals surface area contributed by atoms with Crippen LogP contribution in [-0.2, 0) is 30.2 Å². The summed E-state index contributed by atoms with van der Waals surface area (Å²) in [5, 5.41) is 0.572. The first-order chi connectivity index (χ1) is 16.9. The lowest BCUT2D eigenvalue weighted by Crippen LogP contribution is -2.56. The van der Waals surface area contributed by atoms with E-state index < -0.39 is 29.9 Å². The second-order valence-electron chi connectivity index (χ2n) is 8.36. The standard InChI is InChI=1S/C25H24ClNO8/c1-3-31-22(28)25(23(29)32-4-2)34-19-11-9-16-17(21(19)35-25)8-10-18(16)27-13-20(33-24(27)30)14-6-5-7-15(26)12-14/h5-7,9,11-12,18,20H,3-4,8,10,13H2,1-2H3. The third-order valence-corrected chi connectivity index (χ3v) is 6.55. The summed E-state index contributed by atoms with van der Waals surface area (Å²) in [4.78, 5) is 39.9. The third kappa shape index (κ3) is 3.83. The predicted octanol–water partition coefficient (Wildman–Crippen LogP) is 4.11. The van der Waals surface area contributed by atoms with Gasteiger partial charge in [0.1, 0.15) is 6.10 Å². The summed E-state index contributed by atoms with van der Waals surface area (Å²) in [5.41, 5.74) is 2.44. The Labute approximate surface area is 206 Å². The van der Waals surface area contributed by atoms with E-state index in [-0.39, 0.29) is 30.8 Å². The number of hydrogen-bond donors (Lipinski definition) is 0. The number of halogens is 1. The van der Waals surface area contributed by atoms with Gasteiger partial charge in [-0.2, -0.15) is 0 Å². The van der Waals surface area contributed by atoms with Gasteiger partial charge in [-0.15, -0.1) is 0 Å². The van der Waals surface area contributed by atoms with Crippen LogP contribution in [0.5, 0.6) is 11.5 Å². The van der Waals surface area contributed by atoms with E-state index in [1.807, 2.05) is 18.2 Å². The summed E-state index contributed by atoms with van der Waals surface area (Å²) in [5.74, 6) is -3.79. The van der Waals surface area contributed by atoms with Gasteiger partial charge in [0, 0.05) is 10.6 Å². The van der Waals surface area contributed by atoms with Gasteiger partial charge in [0.15, 0.2) is 11.5 Å². The van der Waals surface area contributed by atoms with Gasteiger partial charge in [0.2, 0.25) is 0 Å². The molecule has 1 saturated heterocycles. The molecule has 184 valence electrons. The number of amides is 1. The van der Waals surface area contributed by atoms with E-state index in [4.69, 9.17) is 35.3 Å². The predicted molar refractivity (Wildman–Crippen MR) is 122 cm³/mol. The van der Waals surface area contributed by atoms with Crippen LogP contribution in [0.15, 0.2) is 36.4 Å². The first kappa shape index (κ1) is 23.3. The fraction of sp³-hybridized carbons (Fsp3) is 0.400. The van der Waals surface area contributed by atoms with Crippen LogP contribution >= 0.6 is 11.6 Å². The van der Waals surface area contributed by atoms with E-state index in [0.717, 1.165) is 16.7 Å². The van der Waals surface area contributed by atoms with Crippen molar-refractivity contribution in [2.45, 2.75) is 44.6 Å². The Morgan fingerprint density at radius 2 is 1.86 bits per heavy atom. The van der Waals surface area contributed by atoms with Crippen molar-refractivity contribution >= 4 is 29.6 Å². The Bertz CT molecular complexity index is 1180. The van der Waals surface area contributed by atoms with Crippen molar-refractivity contribution in [2.24, 2.45) is 0 Å². The minimum atomic E-state index is -2.36. The number of fused-ring (bicyclic) bond motifs is 3. The number of cyclic esters (lactones) is 1. The maximum Gasteiger partial charge on any atom is 0.453 e. The van der Waals surface area contributed by atoms with E-state index >= 15 is 0 Å². The van der Waals surface area contributed by atoms with E-state index in [2.05, 4.69) is 0 Å². The number of rotatable bonds is 6. The van der Waals surface area contributed by atoms with Crippen molar-refractivity contribution in [3.8, 4) is 11.5 Å². The van der Waals surface area contributed by atoms with Crippen LogP contribution in [0.2, 0.25) is 5.02 Å². The molecule has 0 saturated carbocycles. The third-order valence-electron chi connectivity index (χ3n) is 6.31. The van der Waals surface area contributed by atoms with Gasteiger partial charge in [0.25, 0.3) is 0 Å². The number of carbonyl (C=O) groups excluding carboxylic acids is 3. The summed E-state index contributed by atoms with van der Waals surface area (Å²) in [6, 6.07) is 10.4. The largest absolute Gasteiger partial charge is 0.460 e. The van der Waals surface area contributed by atoms with Gasteiger partial charge in [-0.1, -0.05) is 29.8 Å². The summed E-state index contributed by atoms with van der Waals surface area (Å²) in [7, 11) is 0. The zero-order valence-electron chi connectivity index (χ0n) is 19.2. The molecule has 0 N–H and O–H groups in total. The molecule has 0 radical (unpaired) electrons. The van der Waals surface area contributed by atoms with Gasteiger partial charge >= 0.3 is 23.8 Å².